The Bertz CT molecular complexity index is 1180. The minimum atomic E-state index is -0.616. The van der Waals surface area contributed by atoms with Crippen LogP contribution in [0, 0.1) is 6.92 Å². The Hall–Kier alpha value is -3.71. The molecule has 2 heterocycles. The van der Waals surface area contributed by atoms with E-state index in [0.717, 1.165) is 16.5 Å². The number of benzene rings is 2. The fourth-order valence-electron chi connectivity index (χ4n) is 3.59. The number of hydrogen-bond donors (Lipinski definition) is 2. The third-order valence-corrected chi connectivity index (χ3v) is 4.95. The predicted octanol–water partition coefficient (Wildman–Crippen LogP) is 3.96. The number of aromatic amines is 1. The molecular formula is C23H22N4O3. The minimum absolute atomic E-state index is 0.0135. The normalized spacial score (nSPS) is 12.2. The van der Waals surface area contributed by atoms with Gasteiger partial charge in [0.1, 0.15) is 5.76 Å². The van der Waals surface area contributed by atoms with E-state index >= 15 is 0 Å². The largest absolute Gasteiger partial charge is 0.360 e. The zero-order valence-electron chi connectivity index (χ0n) is 16.8. The summed E-state index contributed by atoms with van der Waals surface area (Å²) in [7, 11) is 1.76. The Morgan fingerprint density at radius 3 is 2.60 bits per heavy atom. The van der Waals surface area contributed by atoms with Crippen molar-refractivity contribution in [2.45, 2.75) is 13.0 Å². The second-order valence-corrected chi connectivity index (χ2v) is 7.21. The maximum atomic E-state index is 13.6. The van der Waals surface area contributed by atoms with Gasteiger partial charge in [0.2, 0.25) is 5.91 Å². The van der Waals surface area contributed by atoms with Crippen molar-refractivity contribution in [1.82, 2.24) is 15.0 Å². The molecule has 0 bridgehead atoms. The molecule has 0 saturated heterocycles. The Balaban J connectivity index is 1.61. The quantitative estimate of drug-likeness (QED) is 0.457. The number of hydrogen-bond acceptors (Lipinski definition) is 5. The molecule has 4 aromatic rings. The first-order chi connectivity index (χ1) is 14.5. The molecule has 1 amide bonds. The summed E-state index contributed by atoms with van der Waals surface area (Å²) < 4.78 is 4.98. The highest BCUT2D eigenvalue weighted by molar-refractivity contribution is 6.10. The number of anilines is 1. The number of nitrogens with one attached hydrogen (secondary N) is 2. The number of likely N-dealkylation sites (N-methyl/N-ethyl adjacent to an activating group) is 1. The van der Waals surface area contributed by atoms with Gasteiger partial charge in [-0.15, -0.1) is 0 Å². The summed E-state index contributed by atoms with van der Waals surface area (Å²) in [5.74, 6) is 0.602. The zero-order valence-corrected chi connectivity index (χ0v) is 16.8. The van der Waals surface area contributed by atoms with Gasteiger partial charge in [-0.2, -0.15) is 0 Å². The maximum absolute atomic E-state index is 13.6. The smallest absolute Gasteiger partial charge is 0.239 e. The van der Waals surface area contributed by atoms with Crippen LogP contribution < -0.4 is 5.32 Å². The van der Waals surface area contributed by atoms with Gasteiger partial charge in [0.05, 0.1) is 12.6 Å². The second kappa shape index (κ2) is 8.34. The third-order valence-electron chi connectivity index (χ3n) is 4.95. The molecule has 2 N–H and O–H groups in total. The lowest BCUT2D eigenvalue weighted by atomic mass is 9.96. The first kappa shape index (κ1) is 19.6. The van der Waals surface area contributed by atoms with Crippen molar-refractivity contribution in [3.63, 3.8) is 0 Å². The summed E-state index contributed by atoms with van der Waals surface area (Å²) >= 11 is 0. The molecule has 7 heteroatoms. The van der Waals surface area contributed by atoms with E-state index in [9.17, 15) is 9.59 Å². The summed E-state index contributed by atoms with van der Waals surface area (Å²) in [6.07, 6.45) is 1.73. The number of aryl methyl sites for hydroxylation is 1. The van der Waals surface area contributed by atoms with Crippen molar-refractivity contribution in [2.75, 3.05) is 18.9 Å². The zero-order chi connectivity index (χ0) is 21.1. The van der Waals surface area contributed by atoms with E-state index < -0.39 is 6.04 Å². The van der Waals surface area contributed by atoms with Gasteiger partial charge in [0.25, 0.3) is 0 Å². The average Bonchev–Trinajstić information content (AvgIpc) is 3.34. The Labute approximate surface area is 173 Å². The molecular weight excluding hydrogens is 380 g/mol. The highest BCUT2D eigenvalue weighted by Crippen LogP contribution is 2.28. The number of amides is 1. The average molecular weight is 402 g/mol. The number of carbonyl (C=O) groups is 2. The van der Waals surface area contributed by atoms with Crippen LogP contribution in [-0.4, -0.2) is 40.3 Å². The van der Waals surface area contributed by atoms with E-state index in [0.29, 0.717) is 17.1 Å². The lowest BCUT2D eigenvalue weighted by Crippen LogP contribution is -2.37. The Kier molecular flexibility index (Phi) is 5.45. The highest BCUT2D eigenvalue weighted by Gasteiger charge is 2.29. The van der Waals surface area contributed by atoms with Crippen LogP contribution in [0.4, 0.5) is 5.82 Å². The Morgan fingerprint density at radius 2 is 1.87 bits per heavy atom. The number of para-hydroxylation sites is 1. The first-order valence-electron chi connectivity index (χ1n) is 9.61. The molecule has 1 atom stereocenters. The lowest BCUT2D eigenvalue weighted by Gasteiger charge is -2.26. The van der Waals surface area contributed by atoms with Crippen molar-refractivity contribution < 1.29 is 14.1 Å². The number of aromatic nitrogens is 2. The predicted molar refractivity (Wildman–Crippen MR) is 114 cm³/mol. The second-order valence-electron chi connectivity index (χ2n) is 7.21. The van der Waals surface area contributed by atoms with Crippen LogP contribution in [-0.2, 0) is 4.79 Å². The van der Waals surface area contributed by atoms with E-state index in [-0.39, 0.29) is 18.2 Å². The number of Topliss-reactive ketones (excluding diaryl/α,β-unsaturated/α-hetero) is 1. The van der Waals surface area contributed by atoms with Crippen LogP contribution in [0.5, 0.6) is 0 Å². The molecule has 0 radical (unpaired) electrons. The van der Waals surface area contributed by atoms with E-state index in [2.05, 4.69) is 15.5 Å². The molecule has 2 aromatic carbocycles. The minimum Gasteiger partial charge on any atom is -0.360 e. The molecule has 0 aliphatic carbocycles. The summed E-state index contributed by atoms with van der Waals surface area (Å²) in [5, 5.41) is 7.34. The van der Waals surface area contributed by atoms with Gasteiger partial charge in [0.15, 0.2) is 11.6 Å². The monoisotopic (exact) mass is 402 g/mol. The van der Waals surface area contributed by atoms with Gasteiger partial charge in [-0.3, -0.25) is 14.5 Å². The van der Waals surface area contributed by atoms with Crippen LogP contribution in [0.3, 0.4) is 0 Å². The molecule has 7 nitrogen and oxygen atoms in total. The van der Waals surface area contributed by atoms with Gasteiger partial charge >= 0.3 is 0 Å². The van der Waals surface area contributed by atoms with E-state index in [1.54, 1.807) is 31.1 Å². The van der Waals surface area contributed by atoms with Crippen molar-refractivity contribution in [1.29, 1.82) is 0 Å². The lowest BCUT2D eigenvalue weighted by molar-refractivity contribution is -0.117. The molecule has 1 unspecified atom stereocenters. The number of ketones is 1. The number of fused-ring (bicyclic) bond motifs is 1. The summed E-state index contributed by atoms with van der Waals surface area (Å²) in [5.41, 5.74) is 2.31. The van der Waals surface area contributed by atoms with E-state index in [1.165, 1.54) is 0 Å². The van der Waals surface area contributed by atoms with Crippen molar-refractivity contribution >= 4 is 28.4 Å². The van der Waals surface area contributed by atoms with Crippen molar-refractivity contribution in [3.05, 3.63) is 83.7 Å². The molecule has 0 spiro atoms. The van der Waals surface area contributed by atoms with E-state index in [1.807, 2.05) is 54.6 Å². The van der Waals surface area contributed by atoms with Crippen molar-refractivity contribution in [2.24, 2.45) is 0 Å². The number of H-pyrrole nitrogens is 1. The van der Waals surface area contributed by atoms with Gasteiger partial charge in [-0.25, -0.2) is 0 Å². The number of rotatable bonds is 7. The maximum Gasteiger partial charge on any atom is 0.239 e. The molecule has 4 rings (SSSR count). The first-order valence-corrected chi connectivity index (χ1v) is 9.61. The fourth-order valence-corrected chi connectivity index (χ4v) is 3.59. The topological polar surface area (TPSA) is 91.2 Å². The molecule has 152 valence electrons. The summed E-state index contributed by atoms with van der Waals surface area (Å²) in [6.45, 7) is 1.76. The van der Waals surface area contributed by atoms with Crippen LogP contribution in [0.15, 0.2) is 71.4 Å². The van der Waals surface area contributed by atoms with Crippen LogP contribution in [0.2, 0.25) is 0 Å². The van der Waals surface area contributed by atoms with Crippen LogP contribution in [0.1, 0.15) is 27.7 Å². The van der Waals surface area contributed by atoms with E-state index in [4.69, 9.17) is 4.52 Å². The van der Waals surface area contributed by atoms with Gasteiger partial charge in [0, 0.05) is 28.7 Å². The van der Waals surface area contributed by atoms with Gasteiger partial charge in [-0.05, 0) is 25.6 Å². The molecule has 0 aliphatic rings. The highest BCUT2D eigenvalue weighted by atomic mass is 16.5. The third kappa shape index (κ3) is 4.01. The SMILES string of the molecule is Cc1cc(NC(=O)CN(C)C(C(=O)c2c[nH]c3ccccc23)c2ccccc2)no1. The fraction of sp³-hybridized carbons (Fsp3) is 0.174. The summed E-state index contributed by atoms with van der Waals surface area (Å²) in [4.78, 5) is 31.0. The standard InChI is InChI=1S/C23H22N4O3/c1-15-12-20(26-30-15)25-21(28)14-27(2)22(16-8-4-3-5-9-16)23(29)18-13-24-19-11-7-6-10-17(18)19/h3-13,22,24H,14H2,1-2H3,(H,25,26,28). The van der Waals surface area contributed by atoms with Crippen LogP contribution >= 0.6 is 0 Å². The van der Waals surface area contributed by atoms with Gasteiger partial charge in [-0.1, -0.05) is 53.7 Å². The molecule has 0 saturated carbocycles. The number of nitrogens with zero attached hydrogens (tertiary/aromatic N) is 2. The van der Waals surface area contributed by atoms with Gasteiger partial charge < -0.3 is 14.8 Å². The molecule has 0 fully saturated rings. The molecule has 0 aliphatic heterocycles. The molecule has 30 heavy (non-hydrogen) atoms. The summed E-state index contributed by atoms with van der Waals surface area (Å²) in [6, 6.07) is 18.2. The molecule has 2 aromatic heterocycles. The Morgan fingerprint density at radius 1 is 1.13 bits per heavy atom. The van der Waals surface area contributed by atoms with Crippen molar-refractivity contribution in [3.8, 4) is 0 Å². The number of carbonyl (C=O) groups excluding carboxylic acids is 2. The van der Waals surface area contributed by atoms with Crippen LogP contribution in [0.25, 0.3) is 10.9 Å².